The second-order valence-electron chi connectivity index (χ2n) is 9.29. The number of carbonyl (C=O) groups is 3. The van der Waals surface area contributed by atoms with Gasteiger partial charge in [0.1, 0.15) is 12.6 Å². The maximum Gasteiger partial charge on any atom is 0.407 e. The molecule has 1 aliphatic heterocycles. The van der Waals surface area contributed by atoms with Gasteiger partial charge in [-0.1, -0.05) is 62.4 Å². The van der Waals surface area contributed by atoms with Crippen LogP contribution in [-0.4, -0.2) is 64.9 Å². The number of rotatable bonds is 7. The molecule has 0 bridgehead atoms. The zero-order valence-corrected chi connectivity index (χ0v) is 19.3. The number of alkyl carbamates (subject to hydrolysis) is 1. The molecule has 1 heterocycles. The van der Waals surface area contributed by atoms with E-state index in [4.69, 9.17) is 4.74 Å². The van der Waals surface area contributed by atoms with Crippen LogP contribution < -0.4 is 5.32 Å². The summed E-state index contributed by atoms with van der Waals surface area (Å²) in [4.78, 5) is 38.3. The zero-order chi connectivity index (χ0) is 24.4. The topological polar surface area (TPSA) is 116 Å². The van der Waals surface area contributed by atoms with Crippen molar-refractivity contribution in [3.63, 3.8) is 0 Å². The van der Waals surface area contributed by atoms with Gasteiger partial charge >= 0.3 is 12.1 Å². The molecule has 1 unspecified atom stereocenters. The van der Waals surface area contributed by atoms with Crippen molar-refractivity contribution in [3.05, 3.63) is 59.7 Å². The Morgan fingerprint density at radius 1 is 1.06 bits per heavy atom. The van der Waals surface area contributed by atoms with Gasteiger partial charge < -0.3 is 25.2 Å². The first-order valence-corrected chi connectivity index (χ1v) is 11.6. The molecular formula is C26H30N2O6. The van der Waals surface area contributed by atoms with E-state index in [9.17, 15) is 24.6 Å². The Balaban J connectivity index is 1.38. The van der Waals surface area contributed by atoms with E-state index in [-0.39, 0.29) is 38.0 Å². The van der Waals surface area contributed by atoms with Crippen molar-refractivity contribution in [2.24, 2.45) is 11.8 Å². The number of carboxylic acids is 1. The summed E-state index contributed by atoms with van der Waals surface area (Å²) >= 11 is 0. The van der Waals surface area contributed by atoms with Crippen LogP contribution in [0.15, 0.2) is 48.5 Å². The van der Waals surface area contributed by atoms with Crippen LogP contribution in [0.1, 0.15) is 37.3 Å². The first-order valence-electron chi connectivity index (χ1n) is 11.6. The highest BCUT2D eigenvalue weighted by atomic mass is 16.5. The maximum atomic E-state index is 13.1. The second kappa shape index (κ2) is 9.85. The third-order valence-electron chi connectivity index (χ3n) is 6.78. The van der Waals surface area contributed by atoms with E-state index in [2.05, 4.69) is 17.4 Å². The molecule has 1 saturated heterocycles. The minimum absolute atomic E-state index is 0.00565. The summed E-state index contributed by atoms with van der Waals surface area (Å²) in [7, 11) is 0. The molecule has 1 aliphatic carbocycles. The number of fused-ring (bicyclic) bond motifs is 3. The Morgan fingerprint density at radius 3 is 2.21 bits per heavy atom. The fraction of sp³-hybridized carbons (Fsp3) is 0.423. The van der Waals surface area contributed by atoms with Gasteiger partial charge in [0.05, 0.1) is 12.0 Å². The van der Waals surface area contributed by atoms with Crippen LogP contribution in [0.2, 0.25) is 0 Å². The number of hydrogen-bond donors (Lipinski definition) is 3. The number of likely N-dealkylation sites (tertiary alicyclic amines) is 1. The number of β-amino-alcohol motifs (C(OH)–C–C–N with tert-alkyl or cyclic N) is 1. The van der Waals surface area contributed by atoms with Crippen LogP contribution in [0, 0.1) is 11.8 Å². The predicted molar refractivity (Wildman–Crippen MR) is 125 cm³/mol. The van der Waals surface area contributed by atoms with Gasteiger partial charge in [0.25, 0.3) is 0 Å². The molecule has 180 valence electrons. The van der Waals surface area contributed by atoms with Crippen LogP contribution >= 0.6 is 0 Å². The molecule has 0 aromatic heterocycles. The number of carboxylic acid groups (broad SMARTS) is 1. The van der Waals surface area contributed by atoms with Crippen molar-refractivity contribution in [1.82, 2.24) is 10.2 Å². The van der Waals surface area contributed by atoms with E-state index in [1.54, 1.807) is 0 Å². The average Bonchev–Trinajstić information content (AvgIpc) is 3.36. The third-order valence-corrected chi connectivity index (χ3v) is 6.78. The first kappa shape index (κ1) is 23.8. The number of ether oxygens (including phenoxy) is 1. The number of nitrogens with zero attached hydrogens (tertiary/aromatic N) is 1. The quantitative estimate of drug-likeness (QED) is 0.578. The molecule has 2 amide bonds. The fourth-order valence-electron chi connectivity index (χ4n) is 4.96. The molecule has 34 heavy (non-hydrogen) atoms. The van der Waals surface area contributed by atoms with Gasteiger partial charge in [-0.25, -0.2) is 9.59 Å². The summed E-state index contributed by atoms with van der Waals surface area (Å²) in [5, 5.41) is 22.0. The molecule has 0 saturated carbocycles. The van der Waals surface area contributed by atoms with Crippen molar-refractivity contribution in [2.45, 2.75) is 38.3 Å². The van der Waals surface area contributed by atoms with E-state index >= 15 is 0 Å². The van der Waals surface area contributed by atoms with E-state index in [0.29, 0.717) is 0 Å². The number of amides is 2. The lowest BCUT2D eigenvalue weighted by Gasteiger charge is -2.28. The molecular weight excluding hydrogens is 436 g/mol. The number of aliphatic hydroxyl groups is 1. The lowest BCUT2D eigenvalue weighted by Crippen LogP contribution is -2.48. The van der Waals surface area contributed by atoms with Crippen LogP contribution in [0.4, 0.5) is 4.79 Å². The SMILES string of the molecule is CC(C)C(CNC(=O)OCC1c2ccccc2-c2ccccc21)C(=O)N1C[C@H](O)C[C@@H]1C(=O)O. The van der Waals surface area contributed by atoms with Gasteiger partial charge in [0.2, 0.25) is 5.91 Å². The van der Waals surface area contributed by atoms with Gasteiger partial charge in [-0.3, -0.25) is 4.79 Å². The van der Waals surface area contributed by atoms with Gasteiger partial charge in [-0.2, -0.15) is 0 Å². The Kier molecular flexibility index (Phi) is 6.88. The minimum atomic E-state index is -1.14. The molecule has 0 radical (unpaired) electrons. The smallest absolute Gasteiger partial charge is 0.407 e. The monoisotopic (exact) mass is 466 g/mol. The largest absolute Gasteiger partial charge is 0.480 e. The number of aliphatic hydroxyl groups excluding tert-OH is 1. The lowest BCUT2D eigenvalue weighted by atomic mass is 9.94. The molecule has 4 rings (SSSR count). The zero-order valence-electron chi connectivity index (χ0n) is 19.3. The number of hydrogen-bond acceptors (Lipinski definition) is 5. The number of nitrogens with one attached hydrogen (secondary N) is 1. The summed E-state index contributed by atoms with van der Waals surface area (Å²) in [6.07, 6.45) is -1.49. The Labute approximate surface area is 198 Å². The van der Waals surface area contributed by atoms with E-state index in [0.717, 1.165) is 22.3 Å². The molecule has 8 heteroatoms. The van der Waals surface area contributed by atoms with Gasteiger partial charge in [-0.15, -0.1) is 0 Å². The Bertz CT molecular complexity index is 1040. The number of aliphatic carboxylic acids is 1. The van der Waals surface area contributed by atoms with Crippen molar-refractivity contribution < 1.29 is 29.3 Å². The van der Waals surface area contributed by atoms with Crippen LogP contribution in [0.3, 0.4) is 0 Å². The molecule has 2 aromatic carbocycles. The average molecular weight is 467 g/mol. The summed E-state index contributed by atoms with van der Waals surface area (Å²) in [5.74, 6) is -2.38. The van der Waals surface area contributed by atoms with Crippen molar-refractivity contribution >= 4 is 18.0 Å². The molecule has 2 aromatic rings. The molecule has 2 aliphatic rings. The molecule has 0 spiro atoms. The van der Waals surface area contributed by atoms with E-state index in [1.807, 2.05) is 50.2 Å². The lowest BCUT2D eigenvalue weighted by molar-refractivity contribution is -0.150. The Morgan fingerprint density at radius 2 is 1.65 bits per heavy atom. The van der Waals surface area contributed by atoms with Crippen molar-refractivity contribution in [1.29, 1.82) is 0 Å². The number of benzene rings is 2. The molecule has 3 N–H and O–H groups in total. The highest BCUT2D eigenvalue weighted by Crippen LogP contribution is 2.44. The van der Waals surface area contributed by atoms with Gasteiger partial charge in [-0.05, 0) is 28.2 Å². The van der Waals surface area contributed by atoms with E-state index in [1.165, 1.54) is 4.90 Å². The fourth-order valence-corrected chi connectivity index (χ4v) is 4.96. The highest BCUT2D eigenvalue weighted by Gasteiger charge is 2.41. The maximum absolute atomic E-state index is 13.1. The van der Waals surface area contributed by atoms with Gasteiger partial charge in [0, 0.05) is 25.4 Å². The van der Waals surface area contributed by atoms with Crippen molar-refractivity contribution in [2.75, 3.05) is 19.7 Å². The normalized spacial score (nSPS) is 20.1. The van der Waals surface area contributed by atoms with Gasteiger partial charge in [0.15, 0.2) is 0 Å². The highest BCUT2D eigenvalue weighted by molar-refractivity contribution is 5.86. The first-order chi connectivity index (χ1) is 16.3. The van der Waals surface area contributed by atoms with Crippen LogP contribution in [-0.2, 0) is 14.3 Å². The minimum Gasteiger partial charge on any atom is -0.480 e. The van der Waals surface area contributed by atoms with Crippen molar-refractivity contribution in [3.8, 4) is 11.1 Å². The number of carbonyl (C=O) groups excluding carboxylic acids is 2. The summed E-state index contributed by atoms with van der Waals surface area (Å²) in [6, 6.07) is 15.1. The summed E-state index contributed by atoms with van der Waals surface area (Å²) < 4.78 is 5.54. The standard InChI is InChI=1S/C26H30N2O6/c1-15(2)21(24(30)28-13-16(29)11-23(28)25(31)32)12-27-26(33)34-14-22-19-9-5-3-7-17(19)18-8-4-6-10-20(18)22/h3-10,15-16,21-23,29H,11-14H2,1-2H3,(H,27,33)(H,31,32)/t16-,21?,23-/m1/s1. The van der Waals surface area contributed by atoms with E-state index < -0.39 is 36.0 Å². The van der Waals surface area contributed by atoms with Crippen LogP contribution in [0.25, 0.3) is 11.1 Å². The molecule has 1 fully saturated rings. The second-order valence-corrected chi connectivity index (χ2v) is 9.29. The summed E-state index contributed by atoms with van der Waals surface area (Å²) in [6.45, 7) is 3.84. The Hall–Kier alpha value is -3.39. The van der Waals surface area contributed by atoms with Crippen LogP contribution in [0.5, 0.6) is 0 Å². The molecule has 3 atom stereocenters. The third kappa shape index (κ3) is 4.63. The molecule has 8 nitrogen and oxygen atoms in total. The summed E-state index contributed by atoms with van der Waals surface area (Å²) in [5.41, 5.74) is 4.50. The predicted octanol–water partition coefficient (Wildman–Crippen LogP) is 2.84.